The maximum atomic E-state index is 12.9. The fourth-order valence-electron chi connectivity index (χ4n) is 2.48. The van der Waals surface area contributed by atoms with Crippen molar-refractivity contribution >= 4 is 0 Å². The van der Waals surface area contributed by atoms with Gasteiger partial charge >= 0.3 is 0 Å². The first-order valence-corrected chi connectivity index (χ1v) is 6.86. The third kappa shape index (κ3) is 3.21. The van der Waals surface area contributed by atoms with E-state index in [2.05, 4.69) is 29.6 Å². The van der Waals surface area contributed by atoms with Gasteiger partial charge in [0.15, 0.2) is 0 Å². The Bertz CT molecular complexity index is 517. The Morgan fingerprint density at radius 1 is 1.00 bits per heavy atom. The molecule has 2 aromatic rings. The van der Waals surface area contributed by atoms with Crippen molar-refractivity contribution in [1.82, 2.24) is 5.32 Å². The Balaban J connectivity index is 1.67. The van der Waals surface area contributed by atoms with Crippen LogP contribution < -0.4 is 5.32 Å². The summed E-state index contributed by atoms with van der Waals surface area (Å²) < 4.78 is 12.9. The van der Waals surface area contributed by atoms with Crippen LogP contribution in [0.4, 0.5) is 4.39 Å². The van der Waals surface area contributed by atoms with Crippen LogP contribution in [0.5, 0.6) is 0 Å². The molecule has 0 radical (unpaired) electrons. The van der Waals surface area contributed by atoms with Gasteiger partial charge in [0.1, 0.15) is 5.82 Å². The SMILES string of the molecule is Fc1ccc(CNC(c2ccccc2)C2CC2)cc1. The lowest BCUT2D eigenvalue weighted by molar-refractivity contribution is 0.480. The van der Waals surface area contributed by atoms with Gasteiger partial charge in [-0.15, -0.1) is 0 Å². The average Bonchev–Trinajstić information content (AvgIpc) is 3.27. The normalized spacial score (nSPS) is 16.3. The van der Waals surface area contributed by atoms with Gasteiger partial charge in [0.25, 0.3) is 0 Å². The summed E-state index contributed by atoms with van der Waals surface area (Å²) in [5, 5.41) is 3.61. The molecule has 1 aliphatic rings. The summed E-state index contributed by atoms with van der Waals surface area (Å²) in [6.45, 7) is 0.788. The second-order valence-electron chi connectivity index (χ2n) is 5.23. The zero-order valence-corrected chi connectivity index (χ0v) is 10.9. The minimum absolute atomic E-state index is 0.175. The van der Waals surface area contributed by atoms with E-state index in [0.717, 1.165) is 18.0 Å². The van der Waals surface area contributed by atoms with Crippen LogP contribution in [0.15, 0.2) is 54.6 Å². The molecule has 1 atom stereocenters. The molecule has 1 fully saturated rings. The van der Waals surface area contributed by atoms with Gasteiger partial charge in [-0.1, -0.05) is 42.5 Å². The van der Waals surface area contributed by atoms with Gasteiger partial charge in [-0.05, 0) is 42.0 Å². The highest BCUT2D eigenvalue weighted by Gasteiger charge is 2.31. The predicted octanol–water partition coefficient (Wildman–Crippen LogP) is 4.07. The van der Waals surface area contributed by atoms with E-state index in [1.807, 2.05) is 18.2 Å². The molecular formula is C17H18FN. The summed E-state index contributed by atoms with van der Waals surface area (Å²) in [5.74, 6) is 0.577. The summed E-state index contributed by atoms with van der Waals surface area (Å²) in [5.41, 5.74) is 2.48. The second-order valence-corrected chi connectivity index (χ2v) is 5.23. The first-order valence-electron chi connectivity index (χ1n) is 6.86. The number of benzene rings is 2. The van der Waals surface area contributed by atoms with Gasteiger partial charge in [0, 0.05) is 12.6 Å². The first-order chi connectivity index (χ1) is 9.33. The van der Waals surface area contributed by atoms with Gasteiger partial charge in [0.05, 0.1) is 0 Å². The van der Waals surface area contributed by atoms with Crippen LogP contribution in [0, 0.1) is 11.7 Å². The predicted molar refractivity (Wildman–Crippen MR) is 75.1 cm³/mol. The zero-order chi connectivity index (χ0) is 13.1. The largest absolute Gasteiger partial charge is 0.306 e. The molecule has 1 saturated carbocycles. The molecule has 0 saturated heterocycles. The molecule has 1 nitrogen and oxygen atoms in total. The lowest BCUT2D eigenvalue weighted by atomic mass is 10.0. The lowest BCUT2D eigenvalue weighted by Crippen LogP contribution is -2.22. The van der Waals surface area contributed by atoms with E-state index < -0.39 is 0 Å². The Morgan fingerprint density at radius 2 is 1.68 bits per heavy atom. The molecule has 3 rings (SSSR count). The van der Waals surface area contributed by atoms with Crippen LogP contribution in [0.1, 0.15) is 30.0 Å². The second kappa shape index (κ2) is 5.54. The minimum atomic E-state index is -0.175. The van der Waals surface area contributed by atoms with Crippen LogP contribution in [0.3, 0.4) is 0 Å². The van der Waals surface area contributed by atoms with E-state index in [-0.39, 0.29) is 5.82 Å². The highest BCUT2D eigenvalue weighted by Crippen LogP contribution is 2.41. The molecule has 0 spiro atoms. The molecule has 2 aromatic carbocycles. The molecule has 0 aliphatic heterocycles. The van der Waals surface area contributed by atoms with Gasteiger partial charge in [-0.2, -0.15) is 0 Å². The van der Waals surface area contributed by atoms with Crippen molar-refractivity contribution in [2.24, 2.45) is 5.92 Å². The smallest absolute Gasteiger partial charge is 0.123 e. The molecule has 2 heteroatoms. The van der Waals surface area contributed by atoms with Crippen molar-refractivity contribution in [3.63, 3.8) is 0 Å². The molecular weight excluding hydrogens is 237 g/mol. The maximum absolute atomic E-state index is 12.9. The average molecular weight is 255 g/mol. The maximum Gasteiger partial charge on any atom is 0.123 e. The molecule has 0 aromatic heterocycles. The summed E-state index contributed by atoms with van der Waals surface area (Å²) in [6.07, 6.45) is 2.60. The third-order valence-electron chi connectivity index (χ3n) is 3.69. The number of nitrogens with one attached hydrogen (secondary N) is 1. The number of hydrogen-bond donors (Lipinski definition) is 1. The standard InChI is InChI=1S/C17H18FN/c18-16-10-6-13(7-11-16)12-19-17(15-8-9-15)14-4-2-1-3-5-14/h1-7,10-11,15,17,19H,8-9,12H2. The van der Waals surface area contributed by atoms with E-state index >= 15 is 0 Å². The van der Waals surface area contributed by atoms with Gasteiger partial charge in [-0.25, -0.2) is 4.39 Å². The number of hydrogen-bond acceptors (Lipinski definition) is 1. The third-order valence-corrected chi connectivity index (χ3v) is 3.69. The summed E-state index contributed by atoms with van der Waals surface area (Å²) in [6, 6.07) is 17.7. The Morgan fingerprint density at radius 3 is 2.32 bits per heavy atom. The van der Waals surface area contributed by atoms with Crippen LogP contribution in [-0.4, -0.2) is 0 Å². The van der Waals surface area contributed by atoms with Crippen LogP contribution in [0.2, 0.25) is 0 Å². The van der Waals surface area contributed by atoms with Gasteiger partial charge in [-0.3, -0.25) is 0 Å². The monoisotopic (exact) mass is 255 g/mol. The fraction of sp³-hybridized carbons (Fsp3) is 0.294. The molecule has 0 amide bonds. The summed E-state index contributed by atoms with van der Waals surface area (Å²) in [4.78, 5) is 0. The molecule has 0 bridgehead atoms. The molecule has 0 heterocycles. The molecule has 19 heavy (non-hydrogen) atoms. The fourth-order valence-corrected chi connectivity index (χ4v) is 2.48. The van der Waals surface area contributed by atoms with E-state index in [0.29, 0.717) is 6.04 Å². The summed E-state index contributed by atoms with van der Waals surface area (Å²) >= 11 is 0. The molecule has 1 unspecified atom stereocenters. The van der Waals surface area contributed by atoms with Crippen molar-refractivity contribution in [3.8, 4) is 0 Å². The molecule has 98 valence electrons. The first kappa shape index (κ1) is 12.4. The topological polar surface area (TPSA) is 12.0 Å². The van der Waals surface area contributed by atoms with Crippen molar-refractivity contribution in [2.75, 3.05) is 0 Å². The van der Waals surface area contributed by atoms with Gasteiger partial charge in [0.2, 0.25) is 0 Å². The van der Waals surface area contributed by atoms with Crippen LogP contribution in [0.25, 0.3) is 0 Å². The van der Waals surface area contributed by atoms with Crippen molar-refractivity contribution < 1.29 is 4.39 Å². The van der Waals surface area contributed by atoms with E-state index in [1.54, 1.807) is 0 Å². The lowest BCUT2D eigenvalue weighted by Gasteiger charge is -2.19. The number of rotatable bonds is 5. The van der Waals surface area contributed by atoms with Crippen molar-refractivity contribution in [1.29, 1.82) is 0 Å². The Kier molecular flexibility index (Phi) is 3.60. The van der Waals surface area contributed by atoms with Crippen LogP contribution >= 0.6 is 0 Å². The molecule has 1 aliphatic carbocycles. The van der Waals surface area contributed by atoms with Crippen molar-refractivity contribution in [3.05, 3.63) is 71.5 Å². The Labute approximate surface area is 113 Å². The van der Waals surface area contributed by atoms with Crippen LogP contribution in [-0.2, 0) is 6.54 Å². The van der Waals surface area contributed by atoms with E-state index in [4.69, 9.17) is 0 Å². The van der Waals surface area contributed by atoms with E-state index in [9.17, 15) is 4.39 Å². The highest BCUT2D eigenvalue weighted by molar-refractivity contribution is 5.22. The van der Waals surface area contributed by atoms with E-state index in [1.165, 1.54) is 30.5 Å². The summed E-state index contributed by atoms with van der Waals surface area (Å²) in [7, 11) is 0. The quantitative estimate of drug-likeness (QED) is 0.849. The highest BCUT2D eigenvalue weighted by atomic mass is 19.1. The van der Waals surface area contributed by atoms with Gasteiger partial charge < -0.3 is 5.32 Å². The Hall–Kier alpha value is -1.67. The molecule has 1 N–H and O–H groups in total. The van der Waals surface area contributed by atoms with Crippen molar-refractivity contribution in [2.45, 2.75) is 25.4 Å². The minimum Gasteiger partial charge on any atom is -0.306 e. The number of halogens is 1. The zero-order valence-electron chi connectivity index (χ0n) is 10.9.